The smallest absolute Gasteiger partial charge is 0.257 e. The minimum atomic E-state index is -0.0740. The molecule has 0 aliphatic carbocycles. The summed E-state index contributed by atoms with van der Waals surface area (Å²) >= 11 is 0. The van der Waals surface area contributed by atoms with Crippen LogP contribution in [0.15, 0.2) is 48.5 Å². The average Bonchev–Trinajstić information content (AvgIpc) is 2.50. The van der Waals surface area contributed by atoms with Crippen LogP contribution in [0.25, 0.3) is 0 Å². The number of para-hydroxylation sites is 2. The van der Waals surface area contributed by atoms with Crippen LogP contribution in [0.5, 0.6) is 0 Å². The van der Waals surface area contributed by atoms with Gasteiger partial charge >= 0.3 is 0 Å². The maximum atomic E-state index is 12.5. The maximum Gasteiger partial charge on any atom is 0.257 e. The lowest BCUT2D eigenvalue weighted by Gasteiger charge is -2.13. The molecule has 0 aliphatic heterocycles. The van der Waals surface area contributed by atoms with Gasteiger partial charge in [0.2, 0.25) is 0 Å². The van der Waals surface area contributed by atoms with Crippen LogP contribution in [0, 0.1) is 0 Å². The number of carbonyl (C=O) groups excluding carboxylic acids is 1. The van der Waals surface area contributed by atoms with Crippen molar-refractivity contribution in [3.8, 4) is 0 Å². The lowest BCUT2D eigenvalue weighted by Crippen LogP contribution is -2.15. The predicted molar refractivity (Wildman–Crippen MR) is 89.0 cm³/mol. The van der Waals surface area contributed by atoms with Gasteiger partial charge in [-0.05, 0) is 37.1 Å². The highest BCUT2D eigenvalue weighted by Gasteiger charge is 2.12. The van der Waals surface area contributed by atoms with Crippen LogP contribution in [-0.4, -0.2) is 12.5 Å². The first-order valence-corrected chi connectivity index (χ1v) is 7.48. The fraction of sp³-hybridized carbons (Fsp3) is 0.278. The van der Waals surface area contributed by atoms with Gasteiger partial charge in [-0.2, -0.15) is 0 Å². The first-order valence-electron chi connectivity index (χ1n) is 7.48. The summed E-state index contributed by atoms with van der Waals surface area (Å²) in [5.74, 6) is -0.0740. The molecule has 0 aromatic heterocycles. The Morgan fingerprint density at radius 1 is 0.952 bits per heavy atom. The van der Waals surface area contributed by atoms with E-state index in [1.165, 1.54) is 5.56 Å². The summed E-state index contributed by atoms with van der Waals surface area (Å²) in [4.78, 5) is 12.5. The van der Waals surface area contributed by atoms with Gasteiger partial charge in [0.1, 0.15) is 0 Å². The van der Waals surface area contributed by atoms with E-state index in [2.05, 4.69) is 23.6 Å². The number of anilines is 2. The topological polar surface area (TPSA) is 41.1 Å². The second-order valence-electron chi connectivity index (χ2n) is 4.94. The van der Waals surface area contributed by atoms with Crippen molar-refractivity contribution in [3.05, 3.63) is 59.7 Å². The Morgan fingerprint density at radius 2 is 1.62 bits per heavy atom. The molecule has 2 N–H and O–H groups in total. The molecule has 0 spiro atoms. The third kappa shape index (κ3) is 3.85. The number of benzene rings is 2. The fourth-order valence-corrected chi connectivity index (χ4v) is 2.34. The molecule has 0 radical (unpaired) electrons. The minimum absolute atomic E-state index is 0.0740. The van der Waals surface area contributed by atoms with Gasteiger partial charge in [-0.15, -0.1) is 0 Å². The normalized spacial score (nSPS) is 10.2. The van der Waals surface area contributed by atoms with E-state index in [1.54, 1.807) is 0 Å². The fourth-order valence-electron chi connectivity index (χ4n) is 2.34. The van der Waals surface area contributed by atoms with Crippen LogP contribution in [0.1, 0.15) is 36.2 Å². The van der Waals surface area contributed by atoms with E-state index in [-0.39, 0.29) is 5.91 Å². The summed E-state index contributed by atoms with van der Waals surface area (Å²) in [5, 5.41) is 6.25. The molecular formula is C18H22N2O. The van der Waals surface area contributed by atoms with Gasteiger partial charge in [0, 0.05) is 17.9 Å². The lowest BCUT2D eigenvalue weighted by molar-refractivity contribution is 0.102. The van der Waals surface area contributed by atoms with Crippen molar-refractivity contribution in [2.45, 2.75) is 26.7 Å². The zero-order valence-electron chi connectivity index (χ0n) is 12.6. The highest BCUT2D eigenvalue weighted by atomic mass is 16.1. The zero-order chi connectivity index (χ0) is 15.1. The van der Waals surface area contributed by atoms with Gasteiger partial charge in [0.25, 0.3) is 5.91 Å². The van der Waals surface area contributed by atoms with Crippen molar-refractivity contribution in [3.63, 3.8) is 0 Å². The monoisotopic (exact) mass is 282 g/mol. The Morgan fingerprint density at radius 3 is 2.33 bits per heavy atom. The zero-order valence-corrected chi connectivity index (χ0v) is 12.6. The van der Waals surface area contributed by atoms with E-state index < -0.39 is 0 Å². The number of hydrogen-bond donors (Lipinski definition) is 2. The second kappa shape index (κ2) is 7.48. The lowest BCUT2D eigenvalue weighted by atomic mass is 10.1. The summed E-state index contributed by atoms with van der Waals surface area (Å²) in [5.41, 5.74) is 3.61. The number of rotatable bonds is 6. The molecule has 2 aromatic rings. The Balaban J connectivity index is 2.22. The number of carbonyl (C=O) groups is 1. The van der Waals surface area contributed by atoms with Crippen molar-refractivity contribution in [2.75, 3.05) is 17.2 Å². The SMILES string of the molecule is CCCc1ccccc1NC(=O)c1ccccc1NCC. The van der Waals surface area contributed by atoms with Crippen LogP contribution in [0.2, 0.25) is 0 Å². The highest BCUT2D eigenvalue weighted by Crippen LogP contribution is 2.20. The molecule has 0 saturated heterocycles. The summed E-state index contributed by atoms with van der Waals surface area (Å²) in [6.45, 7) is 4.95. The van der Waals surface area contributed by atoms with Gasteiger partial charge in [-0.3, -0.25) is 4.79 Å². The largest absolute Gasteiger partial charge is 0.385 e. The van der Waals surface area contributed by atoms with Gasteiger partial charge in [-0.1, -0.05) is 43.7 Å². The Kier molecular flexibility index (Phi) is 5.38. The Bertz CT molecular complexity index is 608. The van der Waals surface area contributed by atoms with E-state index in [1.807, 2.05) is 49.4 Å². The Labute approximate surface area is 126 Å². The van der Waals surface area contributed by atoms with Crippen molar-refractivity contribution < 1.29 is 4.79 Å². The van der Waals surface area contributed by atoms with Gasteiger partial charge in [0.05, 0.1) is 5.56 Å². The number of nitrogens with one attached hydrogen (secondary N) is 2. The molecule has 21 heavy (non-hydrogen) atoms. The predicted octanol–water partition coefficient (Wildman–Crippen LogP) is 4.32. The third-order valence-corrected chi connectivity index (χ3v) is 3.32. The molecular weight excluding hydrogens is 260 g/mol. The summed E-state index contributed by atoms with van der Waals surface area (Å²) in [6, 6.07) is 15.6. The second-order valence-corrected chi connectivity index (χ2v) is 4.94. The molecule has 0 bridgehead atoms. The minimum Gasteiger partial charge on any atom is -0.385 e. The van der Waals surface area contributed by atoms with Gasteiger partial charge in [-0.25, -0.2) is 0 Å². The van der Waals surface area contributed by atoms with Crippen LogP contribution in [0.3, 0.4) is 0 Å². The van der Waals surface area contributed by atoms with E-state index in [9.17, 15) is 4.79 Å². The molecule has 3 heteroatoms. The maximum absolute atomic E-state index is 12.5. The molecule has 0 fully saturated rings. The molecule has 3 nitrogen and oxygen atoms in total. The average molecular weight is 282 g/mol. The number of hydrogen-bond acceptors (Lipinski definition) is 2. The van der Waals surface area contributed by atoms with Crippen molar-refractivity contribution in [1.82, 2.24) is 0 Å². The van der Waals surface area contributed by atoms with Crippen LogP contribution < -0.4 is 10.6 Å². The van der Waals surface area contributed by atoms with E-state index in [0.717, 1.165) is 30.8 Å². The van der Waals surface area contributed by atoms with Crippen molar-refractivity contribution >= 4 is 17.3 Å². The molecule has 0 unspecified atom stereocenters. The van der Waals surface area contributed by atoms with Crippen LogP contribution >= 0.6 is 0 Å². The Hall–Kier alpha value is -2.29. The molecule has 0 heterocycles. The number of aryl methyl sites for hydroxylation is 1. The highest BCUT2D eigenvalue weighted by molar-refractivity contribution is 6.08. The molecule has 2 aromatic carbocycles. The van der Waals surface area contributed by atoms with Crippen LogP contribution in [0.4, 0.5) is 11.4 Å². The van der Waals surface area contributed by atoms with E-state index >= 15 is 0 Å². The summed E-state index contributed by atoms with van der Waals surface area (Å²) in [6.07, 6.45) is 2.02. The van der Waals surface area contributed by atoms with E-state index in [0.29, 0.717) is 5.56 Å². The van der Waals surface area contributed by atoms with Crippen LogP contribution in [-0.2, 0) is 6.42 Å². The summed E-state index contributed by atoms with van der Waals surface area (Å²) in [7, 11) is 0. The molecule has 1 amide bonds. The quantitative estimate of drug-likeness (QED) is 0.828. The van der Waals surface area contributed by atoms with Gasteiger partial charge < -0.3 is 10.6 Å². The first kappa shape index (κ1) is 15.1. The first-order chi connectivity index (χ1) is 10.3. The molecule has 0 atom stereocenters. The standard InChI is InChI=1S/C18H22N2O/c1-3-9-14-10-5-7-12-16(14)20-18(21)15-11-6-8-13-17(15)19-4-2/h5-8,10-13,19H,3-4,9H2,1-2H3,(H,20,21). The molecule has 0 saturated carbocycles. The summed E-state index contributed by atoms with van der Waals surface area (Å²) < 4.78 is 0. The molecule has 0 aliphatic rings. The molecule has 2 rings (SSSR count). The number of amides is 1. The third-order valence-electron chi connectivity index (χ3n) is 3.32. The van der Waals surface area contributed by atoms with Gasteiger partial charge in [0.15, 0.2) is 0 Å². The molecule has 110 valence electrons. The van der Waals surface area contributed by atoms with Crippen molar-refractivity contribution in [1.29, 1.82) is 0 Å². The van der Waals surface area contributed by atoms with E-state index in [4.69, 9.17) is 0 Å². The van der Waals surface area contributed by atoms with Crippen molar-refractivity contribution in [2.24, 2.45) is 0 Å².